The summed E-state index contributed by atoms with van der Waals surface area (Å²) in [4.78, 5) is 15.5. The molecular weight excluding hydrogens is 419 g/mol. The average molecular weight is 437 g/mol. The number of hydrogen-bond acceptors (Lipinski definition) is 4. The first-order valence-electron chi connectivity index (χ1n) is 9.56. The Morgan fingerprint density at radius 3 is 2.77 bits per heavy atom. The van der Waals surface area contributed by atoms with Gasteiger partial charge in [0.1, 0.15) is 29.0 Å². The number of nitrogens with zero attached hydrogens (tertiary/aromatic N) is 3. The van der Waals surface area contributed by atoms with Crippen LogP contribution in [0.1, 0.15) is 28.2 Å². The molecule has 0 saturated heterocycles. The van der Waals surface area contributed by atoms with Crippen molar-refractivity contribution in [1.82, 2.24) is 20.1 Å². The number of nitrogens with one attached hydrogen (secondary N) is 2. The molecule has 0 bridgehead atoms. The molecule has 0 unspecified atom stereocenters. The Morgan fingerprint density at radius 2 is 2.03 bits per heavy atom. The lowest BCUT2D eigenvalue weighted by Gasteiger charge is -2.03. The van der Waals surface area contributed by atoms with Crippen LogP contribution in [0.15, 0.2) is 48.5 Å². The third kappa shape index (κ3) is 4.22. The van der Waals surface area contributed by atoms with Gasteiger partial charge in [-0.25, -0.2) is 9.07 Å². The van der Waals surface area contributed by atoms with Crippen molar-refractivity contribution in [2.75, 3.05) is 12.3 Å². The molecule has 0 atom stereocenters. The van der Waals surface area contributed by atoms with Gasteiger partial charge in [0.25, 0.3) is 5.91 Å². The van der Waals surface area contributed by atoms with Gasteiger partial charge in [-0.3, -0.25) is 4.79 Å². The zero-order chi connectivity index (χ0) is 22.0. The maximum absolute atomic E-state index is 13.2. The number of fused-ring (bicyclic) bond motifs is 1. The van der Waals surface area contributed by atoms with Crippen LogP contribution in [0.5, 0.6) is 0 Å². The van der Waals surface area contributed by atoms with Gasteiger partial charge >= 0.3 is 0 Å². The van der Waals surface area contributed by atoms with E-state index in [4.69, 9.17) is 17.3 Å². The van der Waals surface area contributed by atoms with Gasteiger partial charge in [0, 0.05) is 22.5 Å². The topological polar surface area (TPSA) is 113 Å². The molecule has 7 nitrogen and oxygen atoms in total. The smallest absolute Gasteiger partial charge is 0.267 e. The highest BCUT2D eigenvalue weighted by atomic mass is 35.5. The number of hydrogen-bond donors (Lipinski definition) is 3. The highest BCUT2D eigenvalue weighted by Gasteiger charge is 2.17. The molecule has 31 heavy (non-hydrogen) atoms. The Bertz CT molecular complexity index is 1300. The van der Waals surface area contributed by atoms with E-state index in [1.165, 1.54) is 28.9 Å². The highest BCUT2D eigenvalue weighted by molar-refractivity contribution is 6.31. The van der Waals surface area contributed by atoms with Crippen LogP contribution in [-0.4, -0.2) is 27.2 Å². The first-order valence-corrected chi connectivity index (χ1v) is 9.94. The molecule has 0 fully saturated rings. The molecule has 1 amide bonds. The monoisotopic (exact) mass is 436 g/mol. The molecule has 2 aromatic carbocycles. The molecule has 0 aliphatic heterocycles. The minimum Gasteiger partial charge on any atom is -0.382 e. The summed E-state index contributed by atoms with van der Waals surface area (Å²) in [5, 5.41) is 18.2. The average Bonchev–Trinajstić information content (AvgIpc) is 3.32. The quantitative estimate of drug-likeness (QED) is 0.397. The summed E-state index contributed by atoms with van der Waals surface area (Å²) in [6, 6.07) is 14.9. The number of aromatic amines is 1. The molecular formula is C22H18ClFN6O. The van der Waals surface area contributed by atoms with Crippen LogP contribution in [0.4, 0.5) is 10.2 Å². The van der Waals surface area contributed by atoms with Crippen LogP contribution < -0.4 is 11.1 Å². The van der Waals surface area contributed by atoms with Crippen molar-refractivity contribution in [3.8, 4) is 11.8 Å². The molecule has 0 aliphatic rings. The predicted molar refractivity (Wildman–Crippen MR) is 117 cm³/mol. The minimum absolute atomic E-state index is 0.199. The van der Waals surface area contributed by atoms with Gasteiger partial charge in [-0.2, -0.15) is 10.4 Å². The maximum Gasteiger partial charge on any atom is 0.267 e. The van der Waals surface area contributed by atoms with Crippen molar-refractivity contribution in [2.45, 2.75) is 12.8 Å². The molecule has 0 radical (unpaired) electrons. The van der Waals surface area contributed by atoms with Crippen LogP contribution >= 0.6 is 11.6 Å². The van der Waals surface area contributed by atoms with Crippen LogP contribution in [-0.2, 0) is 6.42 Å². The number of nitrogens with two attached hydrogens (primary N) is 1. The number of anilines is 1. The zero-order valence-corrected chi connectivity index (χ0v) is 17.1. The number of amides is 1. The Kier molecular flexibility index (Phi) is 5.60. The maximum atomic E-state index is 13.2. The number of carbonyl (C=O) groups is 1. The van der Waals surface area contributed by atoms with Crippen molar-refractivity contribution in [3.05, 3.63) is 76.3 Å². The lowest BCUT2D eigenvalue weighted by molar-refractivity contribution is 0.0949. The Hall–Kier alpha value is -3.83. The number of nitrogen functional groups attached to an aromatic ring is 1. The number of aromatic nitrogens is 3. The number of rotatable bonds is 6. The Labute approximate surface area is 182 Å². The number of nitriles is 1. The summed E-state index contributed by atoms with van der Waals surface area (Å²) in [6.45, 7) is 0.392. The van der Waals surface area contributed by atoms with Crippen molar-refractivity contribution in [3.63, 3.8) is 0 Å². The zero-order valence-electron chi connectivity index (χ0n) is 16.3. The van der Waals surface area contributed by atoms with Crippen molar-refractivity contribution in [2.24, 2.45) is 0 Å². The van der Waals surface area contributed by atoms with Crippen molar-refractivity contribution < 1.29 is 9.18 Å². The summed E-state index contributed by atoms with van der Waals surface area (Å²) in [6.07, 6.45) is 1.01. The van der Waals surface area contributed by atoms with Crippen LogP contribution in [0, 0.1) is 17.1 Å². The van der Waals surface area contributed by atoms with Gasteiger partial charge in [-0.1, -0.05) is 11.6 Å². The van der Waals surface area contributed by atoms with Crippen molar-refractivity contribution in [1.29, 1.82) is 5.26 Å². The number of benzene rings is 2. The fraction of sp³-hybridized carbons (Fsp3) is 0.136. The van der Waals surface area contributed by atoms with Gasteiger partial charge in [-0.15, -0.1) is 0 Å². The Balaban J connectivity index is 1.40. The molecule has 4 rings (SSSR count). The number of aryl methyl sites for hydroxylation is 1. The molecule has 2 aromatic heterocycles. The molecule has 0 spiro atoms. The number of halogens is 2. The van der Waals surface area contributed by atoms with Gasteiger partial charge < -0.3 is 16.0 Å². The molecule has 4 aromatic rings. The lowest BCUT2D eigenvalue weighted by atomic mass is 10.1. The van der Waals surface area contributed by atoms with Crippen LogP contribution in [0.25, 0.3) is 16.6 Å². The summed E-state index contributed by atoms with van der Waals surface area (Å²) in [7, 11) is 0. The second kappa shape index (κ2) is 8.50. The molecule has 2 heterocycles. The highest BCUT2D eigenvalue weighted by Crippen LogP contribution is 2.22. The SMILES string of the molecule is N#Cc1c(CCCNC(=O)c2cc3cc(Cl)ccc3[nH]2)nn(-c2ccc(F)cc2)c1N. The van der Waals surface area contributed by atoms with E-state index >= 15 is 0 Å². The fourth-order valence-corrected chi connectivity index (χ4v) is 3.51. The minimum atomic E-state index is -0.371. The molecule has 0 aliphatic carbocycles. The standard InChI is InChI=1S/C22H18ClFN6O/c23-14-3-8-18-13(10-14)11-20(28-18)22(31)27-9-1-2-19-17(12-25)21(26)30(29-19)16-6-4-15(24)5-7-16/h3-8,10-11,28H,1-2,9,26H2,(H,27,31). The number of carbonyl (C=O) groups excluding carboxylic acids is 1. The second-order valence-corrected chi connectivity index (χ2v) is 7.42. The molecule has 4 N–H and O–H groups in total. The van der Waals surface area contributed by atoms with E-state index < -0.39 is 0 Å². The summed E-state index contributed by atoms with van der Waals surface area (Å²) in [5.74, 6) is -0.405. The van der Waals surface area contributed by atoms with Crippen LogP contribution in [0.3, 0.4) is 0 Å². The van der Waals surface area contributed by atoms with Crippen molar-refractivity contribution >= 4 is 34.2 Å². The molecule has 0 saturated carbocycles. The lowest BCUT2D eigenvalue weighted by Crippen LogP contribution is -2.25. The first-order chi connectivity index (χ1) is 15.0. The summed E-state index contributed by atoms with van der Waals surface area (Å²) in [5.41, 5.74) is 8.71. The fourth-order valence-electron chi connectivity index (χ4n) is 3.33. The van der Waals surface area contributed by atoms with E-state index in [9.17, 15) is 14.4 Å². The van der Waals surface area contributed by atoms with Gasteiger partial charge in [0.05, 0.1) is 11.4 Å². The first kappa shape index (κ1) is 20.4. The normalized spacial score (nSPS) is 10.9. The van der Waals surface area contributed by atoms with E-state index in [1.807, 2.05) is 6.07 Å². The Morgan fingerprint density at radius 1 is 1.26 bits per heavy atom. The van der Waals surface area contributed by atoms with Gasteiger partial charge in [-0.05, 0) is 61.4 Å². The summed E-state index contributed by atoms with van der Waals surface area (Å²) < 4.78 is 14.6. The summed E-state index contributed by atoms with van der Waals surface area (Å²) >= 11 is 5.98. The molecule has 156 valence electrons. The molecule has 9 heteroatoms. The van der Waals surface area contributed by atoms with Gasteiger partial charge in [0.2, 0.25) is 0 Å². The second-order valence-electron chi connectivity index (χ2n) is 6.98. The third-order valence-electron chi connectivity index (χ3n) is 4.88. The van der Waals surface area contributed by atoms with Crippen LogP contribution in [0.2, 0.25) is 5.02 Å². The third-order valence-corrected chi connectivity index (χ3v) is 5.12. The largest absolute Gasteiger partial charge is 0.382 e. The van der Waals surface area contributed by atoms with E-state index in [2.05, 4.69) is 21.5 Å². The van der Waals surface area contributed by atoms with E-state index in [1.54, 1.807) is 18.2 Å². The number of H-pyrrole nitrogens is 1. The van der Waals surface area contributed by atoms with Gasteiger partial charge in [0.15, 0.2) is 0 Å². The predicted octanol–water partition coefficient (Wildman–Crippen LogP) is 3.96. The van der Waals surface area contributed by atoms with E-state index in [0.29, 0.717) is 41.5 Å². The van der Waals surface area contributed by atoms with E-state index in [0.717, 1.165) is 10.9 Å². The van der Waals surface area contributed by atoms with E-state index in [-0.39, 0.29) is 23.1 Å².